The zero-order valence-corrected chi connectivity index (χ0v) is 10.5. The van der Waals surface area contributed by atoms with E-state index in [4.69, 9.17) is 11.6 Å². The van der Waals surface area contributed by atoms with Gasteiger partial charge in [-0.2, -0.15) is 0 Å². The summed E-state index contributed by atoms with van der Waals surface area (Å²) in [5.74, 6) is -0.810. The highest BCUT2D eigenvalue weighted by molar-refractivity contribution is 6.30. The van der Waals surface area contributed by atoms with Gasteiger partial charge in [0.05, 0.1) is 10.7 Å². The van der Waals surface area contributed by atoms with Crippen molar-refractivity contribution in [2.45, 2.75) is 13.0 Å². The van der Waals surface area contributed by atoms with Crippen molar-refractivity contribution in [3.05, 3.63) is 64.7 Å². The summed E-state index contributed by atoms with van der Waals surface area (Å²) in [6, 6.07) is 10.7. The minimum absolute atomic E-state index is 0.0804. The van der Waals surface area contributed by atoms with E-state index < -0.39 is 5.82 Å². The first-order valence-corrected chi connectivity index (χ1v) is 5.91. The van der Waals surface area contributed by atoms with Gasteiger partial charge >= 0.3 is 0 Å². The molecule has 0 aromatic heterocycles. The van der Waals surface area contributed by atoms with Gasteiger partial charge in [-0.05, 0) is 36.8 Å². The predicted molar refractivity (Wildman–Crippen MR) is 69.8 cm³/mol. The van der Waals surface area contributed by atoms with Gasteiger partial charge in [0, 0.05) is 6.04 Å². The first-order valence-electron chi connectivity index (χ1n) is 5.54. The van der Waals surface area contributed by atoms with Crippen LogP contribution in [0.5, 0.6) is 0 Å². The molecule has 4 heteroatoms. The Morgan fingerprint density at radius 1 is 1.06 bits per heavy atom. The Morgan fingerprint density at radius 3 is 2.44 bits per heavy atom. The number of para-hydroxylation sites is 1. The van der Waals surface area contributed by atoms with Gasteiger partial charge in [0.25, 0.3) is 0 Å². The van der Waals surface area contributed by atoms with Gasteiger partial charge in [-0.1, -0.05) is 29.8 Å². The van der Waals surface area contributed by atoms with E-state index in [1.807, 2.05) is 6.92 Å². The number of rotatable bonds is 3. The maximum absolute atomic E-state index is 13.5. The van der Waals surface area contributed by atoms with Crippen molar-refractivity contribution in [3.63, 3.8) is 0 Å². The molecule has 1 atom stereocenters. The molecule has 0 amide bonds. The SMILES string of the molecule is CC(Nc1ccccc1F)c1ccc(Cl)c(F)c1. The summed E-state index contributed by atoms with van der Waals surface area (Å²) in [5, 5.41) is 3.07. The monoisotopic (exact) mass is 267 g/mol. The Labute approximate surface area is 109 Å². The maximum Gasteiger partial charge on any atom is 0.146 e. The quantitative estimate of drug-likeness (QED) is 0.843. The fourth-order valence-corrected chi connectivity index (χ4v) is 1.79. The van der Waals surface area contributed by atoms with Crippen molar-refractivity contribution in [3.8, 4) is 0 Å². The fourth-order valence-electron chi connectivity index (χ4n) is 1.68. The molecule has 0 radical (unpaired) electrons. The van der Waals surface area contributed by atoms with Gasteiger partial charge < -0.3 is 5.32 Å². The molecule has 0 aliphatic rings. The minimum atomic E-state index is -0.476. The zero-order valence-electron chi connectivity index (χ0n) is 9.75. The molecule has 18 heavy (non-hydrogen) atoms. The number of nitrogens with one attached hydrogen (secondary N) is 1. The van der Waals surface area contributed by atoms with Crippen LogP contribution >= 0.6 is 11.6 Å². The Balaban J connectivity index is 2.19. The average Bonchev–Trinajstić information content (AvgIpc) is 2.35. The minimum Gasteiger partial charge on any atom is -0.376 e. The molecule has 0 heterocycles. The lowest BCUT2D eigenvalue weighted by Gasteiger charge is -2.16. The lowest BCUT2D eigenvalue weighted by molar-refractivity contribution is 0.621. The van der Waals surface area contributed by atoms with Crippen LogP contribution in [0.3, 0.4) is 0 Å². The smallest absolute Gasteiger partial charge is 0.146 e. The van der Waals surface area contributed by atoms with Crippen molar-refractivity contribution >= 4 is 17.3 Å². The fraction of sp³-hybridized carbons (Fsp3) is 0.143. The molecular formula is C14H12ClF2N. The van der Waals surface area contributed by atoms with Gasteiger partial charge in [-0.25, -0.2) is 8.78 Å². The molecule has 0 aliphatic carbocycles. The van der Waals surface area contributed by atoms with Gasteiger partial charge in [-0.15, -0.1) is 0 Å². The topological polar surface area (TPSA) is 12.0 Å². The molecule has 0 spiro atoms. The van der Waals surface area contributed by atoms with Gasteiger partial charge in [0.15, 0.2) is 0 Å². The average molecular weight is 268 g/mol. The molecule has 0 saturated heterocycles. The molecule has 2 aromatic carbocycles. The summed E-state index contributed by atoms with van der Waals surface area (Å²) < 4.78 is 26.8. The zero-order chi connectivity index (χ0) is 13.1. The van der Waals surface area contributed by atoms with E-state index in [2.05, 4.69) is 5.32 Å². The molecule has 0 fully saturated rings. The lowest BCUT2D eigenvalue weighted by Crippen LogP contribution is -2.08. The van der Waals surface area contributed by atoms with Crippen LogP contribution < -0.4 is 5.32 Å². The third kappa shape index (κ3) is 2.79. The number of hydrogen-bond donors (Lipinski definition) is 1. The Kier molecular flexibility index (Phi) is 3.82. The van der Waals surface area contributed by atoms with E-state index in [1.54, 1.807) is 24.3 Å². The van der Waals surface area contributed by atoms with Crippen LogP contribution in [0.1, 0.15) is 18.5 Å². The molecule has 1 unspecified atom stereocenters. The van der Waals surface area contributed by atoms with Crippen molar-refractivity contribution in [2.75, 3.05) is 5.32 Å². The summed E-state index contributed by atoms with van der Waals surface area (Å²) in [4.78, 5) is 0. The second-order valence-electron chi connectivity index (χ2n) is 4.02. The number of anilines is 1. The number of hydrogen-bond acceptors (Lipinski definition) is 1. The molecule has 1 nitrogen and oxygen atoms in total. The highest BCUT2D eigenvalue weighted by Gasteiger charge is 2.10. The van der Waals surface area contributed by atoms with Gasteiger partial charge in [0.2, 0.25) is 0 Å². The van der Waals surface area contributed by atoms with Crippen LogP contribution in [0, 0.1) is 11.6 Å². The van der Waals surface area contributed by atoms with Crippen LogP contribution in [0.25, 0.3) is 0 Å². The van der Waals surface area contributed by atoms with E-state index in [-0.39, 0.29) is 16.9 Å². The van der Waals surface area contributed by atoms with E-state index >= 15 is 0 Å². The van der Waals surface area contributed by atoms with Crippen LogP contribution in [-0.4, -0.2) is 0 Å². The molecule has 0 saturated carbocycles. The highest BCUT2D eigenvalue weighted by Crippen LogP contribution is 2.24. The highest BCUT2D eigenvalue weighted by atomic mass is 35.5. The summed E-state index contributed by atoms with van der Waals surface area (Å²) in [6.07, 6.45) is 0. The van der Waals surface area contributed by atoms with Crippen LogP contribution in [0.4, 0.5) is 14.5 Å². The number of halogens is 3. The molecule has 2 aromatic rings. The first-order chi connectivity index (χ1) is 8.58. The summed E-state index contributed by atoms with van der Waals surface area (Å²) in [6.45, 7) is 1.83. The third-order valence-electron chi connectivity index (χ3n) is 2.69. The van der Waals surface area contributed by atoms with Crippen LogP contribution in [0.15, 0.2) is 42.5 Å². The first kappa shape index (κ1) is 12.8. The predicted octanol–water partition coefficient (Wildman–Crippen LogP) is 4.79. The van der Waals surface area contributed by atoms with E-state index in [0.29, 0.717) is 11.3 Å². The molecular weight excluding hydrogens is 256 g/mol. The van der Waals surface area contributed by atoms with Gasteiger partial charge in [0.1, 0.15) is 11.6 Å². The largest absolute Gasteiger partial charge is 0.376 e. The van der Waals surface area contributed by atoms with Crippen molar-refractivity contribution in [1.29, 1.82) is 0 Å². The summed E-state index contributed by atoms with van der Waals surface area (Å²) >= 11 is 5.62. The molecule has 0 bridgehead atoms. The number of benzene rings is 2. The third-order valence-corrected chi connectivity index (χ3v) is 3.00. The van der Waals surface area contributed by atoms with Crippen LogP contribution in [0.2, 0.25) is 5.02 Å². The second kappa shape index (κ2) is 5.36. The summed E-state index contributed by atoms with van der Waals surface area (Å²) in [7, 11) is 0. The molecule has 0 aliphatic heterocycles. The molecule has 94 valence electrons. The summed E-state index contributed by atoms with van der Waals surface area (Å²) in [5.41, 5.74) is 1.10. The lowest BCUT2D eigenvalue weighted by atomic mass is 10.1. The molecule has 2 rings (SSSR count). The Hall–Kier alpha value is -1.61. The normalized spacial score (nSPS) is 12.2. The van der Waals surface area contributed by atoms with Crippen molar-refractivity contribution in [1.82, 2.24) is 0 Å². The standard InChI is InChI=1S/C14H12ClF2N/c1-9(10-6-7-11(15)13(17)8-10)18-14-5-3-2-4-12(14)16/h2-9,18H,1H3. The van der Waals surface area contributed by atoms with E-state index in [0.717, 1.165) is 0 Å². The maximum atomic E-state index is 13.5. The van der Waals surface area contributed by atoms with E-state index in [9.17, 15) is 8.78 Å². The van der Waals surface area contributed by atoms with Gasteiger partial charge in [-0.3, -0.25) is 0 Å². The van der Waals surface area contributed by atoms with E-state index in [1.165, 1.54) is 18.2 Å². The Bertz CT molecular complexity index is 557. The second-order valence-corrected chi connectivity index (χ2v) is 4.43. The van der Waals surface area contributed by atoms with Crippen LogP contribution in [-0.2, 0) is 0 Å². The molecule has 1 N–H and O–H groups in total. The van der Waals surface area contributed by atoms with Crippen molar-refractivity contribution < 1.29 is 8.78 Å². The Morgan fingerprint density at radius 2 is 1.78 bits per heavy atom. The van der Waals surface area contributed by atoms with Crippen molar-refractivity contribution in [2.24, 2.45) is 0 Å².